The van der Waals surface area contributed by atoms with E-state index in [4.69, 9.17) is 23.8 Å². The number of nitrogens with zero attached hydrogens (tertiary/aromatic N) is 6. The molecule has 3 heterocycles. The first-order chi connectivity index (χ1) is 45.4. The molecule has 2 aromatic heterocycles. The number of nitrogens with one attached hydrogen (secondary N) is 7. The number of fused-ring (bicyclic) bond motifs is 1. The smallest absolute Gasteiger partial charge is 0.373 e. The zero-order valence-electron chi connectivity index (χ0n) is 55.8. The highest BCUT2D eigenvalue weighted by Gasteiger charge is 2.30. The number of methoxy groups -OCH3 is 1. The van der Waals surface area contributed by atoms with E-state index >= 15 is 0 Å². The molecule has 4 amide bonds. The summed E-state index contributed by atoms with van der Waals surface area (Å²) in [6.07, 6.45) is 7.41. The Morgan fingerprint density at radius 2 is 1.37 bits per heavy atom. The Labute approximate surface area is 555 Å². The van der Waals surface area contributed by atoms with Gasteiger partial charge in [0.05, 0.1) is 30.1 Å². The summed E-state index contributed by atoms with van der Waals surface area (Å²) in [6, 6.07) is 13.7. The van der Waals surface area contributed by atoms with Crippen molar-refractivity contribution in [1.82, 2.24) is 60.1 Å². The van der Waals surface area contributed by atoms with Crippen LogP contribution in [0.1, 0.15) is 77.7 Å². The molecule has 1 aliphatic heterocycles. The molecule has 1 aliphatic rings. The monoisotopic (exact) mass is 1350 g/mol. The van der Waals surface area contributed by atoms with Gasteiger partial charge in [0.2, 0.25) is 33.2 Å². The first-order valence-corrected chi connectivity index (χ1v) is 33.1. The first-order valence-electron chi connectivity index (χ1n) is 31.6. The number of amides is 4. The number of aryl methyl sites for hydroxylation is 4. The Morgan fingerprint density at radius 3 is 1.99 bits per heavy atom. The second-order valence-electron chi connectivity index (χ2n) is 22.8. The number of ether oxygens (including phenoxy) is 3. The van der Waals surface area contributed by atoms with Crippen LogP contribution in [0.15, 0.2) is 82.9 Å². The molecule has 0 saturated carbocycles. The summed E-state index contributed by atoms with van der Waals surface area (Å²) < 4.78 is 46.7. The summed E-state index contributed by atoms with van der Waals surface area (Å²) in [4.78, 5) is 120. The molecule has 29 nitrogen and oxygen atoms in total. The number of hydrogen-bond donors (Lipinski definition) is 9. The number of anilines is 1. The van der Waals surface area contributed by atoms with Crippen LogP contribution < -0.4 is 41.5 Å². The summed E-state index contributed by atoms with van der Waals surface area (Å²) >= 11 is 0. The molecule has 1 fully saturated rings. The van der Waals surface area contributed by atoms with Crippen molar-refractivity contribution in [2.75, 3.05) is 138 Å². The number of hydrogen-bond acceptors (Lipinski definition) is 20. The molecule has 0 aliphatic carbocycles. The number of benzene rings is 3. The molecule has 2 atom stereocenters. The topological polar surface area (TPSA) is 375 Å². The Hall–Kier alpha value is -8.45. The molecule has 3 aromatic carbocycles. The SMILES string of the molecule is CCOCCCNC(=O)[C@@H](Cc1ccc(C)cc1)NC(=O)CN1CCN(CC)CCN(C)CCN(CC(=O)O)CC1.COCCCNC(=O)CCCOc1cc(C)c(S(=O)(=O)NC(CNC(=O)c2cn(C)c3cc(CNc4ncc[nH]4)ccc3c2=O)C(=O)O)c(C)c1.O=C=O. The van der Waals surface area contributed by atoms with Crippen molar-refractivity contribution >= 4 is 68.6 Å². The van der Waals surface area contributed by atoms with E-state index in [0.717, 1.165) is 49.4 Å². The molecule has 0 spiro atoms. The van der Waals surface area contributed by atoms with Crippen molar-refractivity contribution < 1.29 is 71.2 Å². The van der Waals surface area contributed by atoms with E-state index < -0.39 is 51.9 Å². The summed E-state index contributed by atoms with van der Waals surface area (Å²) in [5.41, 5.74) is 3.37. The third-order valence-corrected chi connectivity index (χ3v) is 17.1. The Kier molecular flexibility index (Phi) is 35.0. The molecule has 9 N–H and O–H groups in total. The maximum absolute atomic E-state index is 13.4. The maximum Gasteiger partial charge on any atom is 0.373 e. The van der Waals surface area contributed by atoms with Gasteiger partial charge in [0.15, 0.2) is 5.95 Å². The number of aromatic nitrogens is 3. The largest absolute Gasteiger partial charge is 0.494 e. The number of likely N-dealkylation sites (N-methyl/N-ethyl adjacent to an activating group) is 2. The maximum atomic E-state index is 13.4. The van der Waals surface area contributed by atoms with Crippen molar-refractivity contribution in [2.24, 2.45) is 7.05 Å². The average Bonchev–Trinajstić information content (AvgIpc) is 0.899. The number of rotatable bonds is 33. The standard InChI is InChI=1S/C34H43N7O9S.C30H52N6O5.CO2/c1-21-15-24(50-14-5-7-29(42)35-10-6-13-49-4)16-22(2)31(21)51(47,48)40-27(33(45)46)19-38-32(44)26-20-41(3)28-17-23(8-9-25(28)30(26)43)18-39-34-36-11-12-37-34;1-5-34-15-13-33(4)14-16-36(24-29(38)39)20-19-35(18-17-34)23-28(37)32-27(22-26-10-8-25(3)9-11-26)30(40)31-12-7-21-41-6-2;2-1-3/h8-9,11-12,15-17,20,27,40H,5-7,10,13-14,18-19H2,1-4H3,(H,35,42)(H,38,44)(H,45,46)(H2,36,37,39);8-11,27H,5-7,12-24H2,1-4H3,(H,31,40)(H,32,37)(H,38,39);/t;27-;/m.1./s1. The van der Waals surface area contributed by atoms with Crippen molar-refractivity contribution in [1.29, 1.82) is 0 Å². The lowest BCUT2D eigenvalue weighted by molar-refractivity contribution is -0.191. The van der Waals surface area contributed by atoms with Gasteiger partial charge in [-0.1, -0.05) is 42.8 Å². The quantitative estimate of drug-likeness (QED) is 0.0271. The summed E-state index contributed by atoms with van der Waals surface area (Å²) in [5, 5.41) is 33.8. The number of H-pyrrole nitrogens is 1. The lowest BCUT2D eigenvalue weighted by atomic mass is 10.0. The molecule has 6 rings (SSSR count). The van der Waals surface area contributed by atoms with E-state index in [2.05, 4.69) is 69.9 Å². The molecule has 0 radical (unpaired) electrons. The predicted octanol–water partition coefficient (Wildman–Crippen LogP) is 1.90. The third-order valence-electron chi connectivity index (χ3n) is 15.3. The van der Waals surface area contributed by atoms with Crippen LogP contribution in [0.4, 0.5) is 5.95 Å². The van der Waals surface area contributed by atoms with Crippen LogP contribution in [0.3, 0.4) is 0 Å². The Morgan fingerprint density at radius 1 is 0.747 bits per heavy atom. The second-order valence-corrected chi connectivity index (χ2v) is 24.5. The van der Waals surface area contributed by atoms with Crippen molar-refractivity contribution in [3.63, 3.8) is 0 Å². The fourth-order valence-corrected chi connectivity index (χ4v) is 11.8. The molecular formula is C65H95N13O16S. The van der Waals surface area contributed by atoms with Crippen LogP contribution in [-0.4, -0.2) is 239 Å². The number of pyridine rings is 1. The molecule has 522 valence electrons. The fraction of sp³-hybridized carbons (Fsp3) is 0.523. The van der Waals surface area contributed by atoms with E-state index in [1.807, 2.05) is 43.0 Å². The zero-order valence-corrected chi connectivity index (χ0v) is 56.6. The van der Waals surface area contributed by atoms with Gasteiger partial charge in [-0.15, -0.1) is 0 Å². The van der Waals surface area contributed by atoms with Crippen LogP contribution in [-0.2, 0) is 73.1 Å². The number of sulfonamides is 1. The van der Waals surface area contributed by atoms with Crippen LogP contribution in [0, 0.1) is 20.8 Å². The van der Waals surface area contributed by atoms with E-state index in [9.17, 15) is 52.2 Å². The lowest BCUT2D eigenvalue weighted by Crippen LogP contribution is -2.52. The number of carboxylic acid groups (broad SMARTS) is 2. The van der Waals surface area contributed by atoms with Gasteiger partial charge in [0.25, 0.3) is 5.91 Å². The number of aliphatic carboxylic acids is 2. The average molecular weight is 1350 g/mol. The molecule has 5 aromatic rings. The minimum atomic E-state index is -4.39. The Balaban J connectivity index is 0.000000397. The van der Waals surface area contributed by atoms with Gasteiger partial charge < -0.3 is 70.4 Å². The van der Waals surface area contributed by atoms with Crippen molar-refractivity contribution in [3.8, 4) is 5.75 Å². The van der Waals surface area contributed by atoms with Crippen LogP contribution >= 0.6 is 0 Å². The van der Waals surface area contributed by atoms with Gasteiger partial charge in [-0.25, -0.2) is 13.4 Å². The molecule has 1 saturated heterocycles. The summed E-state index contributed by atoms with van der Waals surface area (Å²) in [6.45, 7) is 18.8. The second kappa shape index (κ2) is 42.1. The highest BCUT2D eigenvalue weighted by molar-refractivity contribution is 7.89. The molecule has 95 heavy (non-hydrogen) atoms. The molecular weight excluding hydrogens is 1250 g/mol. The van der Waals surface area contributed by atoms with Crippen molar-refractivity contribution in [2.45, 2.75) is 90.2 Å². The van der Waals surface area contributed by atoms with E-state index in [1.54, 1.807) is 63.2 Å². The van der Waals surface area contributed by atoms with Gasteiger partial charge in [0.1, 0.15) is 23.4 Å². The molecule has 30 heteroatoms. The highest BCUT2D eigenvalue weighted by atomic mass is 32.2. The summed E-state index contributed by atoms with van der Waals surface area (Å²) in [5.74, 6) is -2.79. The summed E-state index contributed by atoms with van der Waals surface area (Å²) in [7, 11) is 0.941. The van der Waals surface area contributed by atoms with E-state index in [-0.39, 0.29) is 65.8 Å². The third kappa shape index (κ3) is 28.6. The number of carboxylic acids is 2. The minimum Gasteiger partial charge on any atom is -0.494 e. The molecule has 1 unspecified atom stereocenters. The van der Waals surface area contributed by atoms with Gasteiger partial charge >= 0.3 is 18.1 Å². The van der Waals surface area contributed by atoms with E-state index in [0.29, 0.717) is 120 Å². The van der Waals surface area contributed by atoms with Gasteiger partial charge in [-0.3, -0.25) is 43.4 Å². The lowest BCUT2D eigenvalue weighted by Gasteiger charge is -2.32. The van der Waals surface area contributed by atoms with Gasteiger partial charge in [-0.05, 0) is 107 Å². The Bertz CT molecular complexity index is 3430. The van der Waals surface area contributed by atoms with Gasteiger partial charge in [-0.2, -0.15) is 14.3 Å². The zero-order chi connectivity index (χ0) is 69.9. The van der Waals surface area contributed by atoms with E-state index in [1.165, 1.54) is 18.3 Å². The predicted molar refractivity (Wildman–Crippen MR) is 355 cm³/mol. The normalized spacial score (nSPS) is 14.2. The van der Waals surface area contributed by atoms with Crippen molar-refractivity contribution in [3.05, 3.63) is 117 Å². The van der Waals surface area contributed by atoms with Crippen LogP contribution in [0.25, 0.3) is 10.9 Å². The first kappa shape index (κ1) is 79.0. The van der Waals surface area contributed by atoms with Gasteiger partial charge in [0, 0.05) is 149 Å². The number of imidazole rings is 1. The minimum absolute atomic E-state index is 0.0307. The van der Waals surface area contributed by atoms with Crippen LogP contribution in [0.5, 0.6) is 5.75 Å². The van der Waals surface area contributed by atoms with Crippen LogP contribution in [0.2, 0.25) is 0 Å². The number of aromatic amines is 1. The number of carbonyl (C=O) groups is 6. The molecule has 0 bridgehead atoms. The fourth-order valence-electron chi connectivity index (χ4n) is 10.2. The number of carbonyl (C=O) groups excluding carboxylic acids is 6. The highest BCUT2D eigenvalue weighted by Crippen LogP contribution is 2.26.